The molecule has 1 aliphatic rings. The van der Waals surface area contributed by atoms with Gasteiger partial charge in [0, 0.05) is 24.8 Å². The van der Waals surface area contributed by atoms with Gasteiger partial charge in [-0.05, 0) is 31.0 Å². The van der Waals surface area contributed by atoms with E-state index >= 15 is 0 Å². The maximum atomic E-state index is 13.4. The average molecular weight is 361 g/mol. The number of nitrogens with one attached hydrogen (secondary N) is 1. The summed E-state index contributed by atoms with van der Waals surface area (Å²) in [5, 5.41) is 13.4. The number of hydrogen-bond acceptors (Lipinski definition) is 5. The van der Waals surface area contributed by atoms with Gasteiger partial charge < -0.3 is 14.6 Å². The lowest BCUT2D eigenvalue weighted by Gasteiger charge is -2.31. The predicted octanol–water partition coefficient (Wildman–Crippen LogP) is 2.82. The molecule has 0 spiro atoms. The Morgan fingerprint density at radius 1 is 1.35 bits per heavy atom. The number of benzene rings is 1. The van der Waals surface area contributed by atoms with Crippen molar-refractivity contribution in [3.8, 4) is 0 Å². The van der Waals surface area contributed by atoms with Gasteiger partial charge in [-0.15, -0.1) is 0 Å². The van der Waals surface area contributed by atoms with Gasteiger partial charge >= 0.3 is 5.69 Å². The zero-order valence-electron chi connectivity index (χ0n) is 13.7. The van der Waals surface area contributed by atoms with Crippen LogP contribution in [0.4, 0.5) is 15.8 Å². The fraction of sp³-hybridized carbons (Fsp3) is 0.294. The number of furan rings is 1. The van der Waals surface area contributed by atoms with Gasteiger partial charge in [0.2, 0.25) is 11.7 Å². The minimum Gasteiger partial charge on any atom is -0.472 e. The number of nitro groups is 1. The number of anilines is 1. The van der Waals surface area contributed by atoms with Crippen LogP contribution in [0.2, 0.25) is 0 Å². The number of amides is 2. The first-order valence-corrected chi connectivity index (χ1v) is 8.02. The average Bonchev–Trinajstić information content (AvgIpc) is 3.17. The molecular weight excluding hydrogens is 345 g/mol. The summed E-state index contributed by atoms with van der Waals surface area (Å²) in [6.45, 7) is 0.773. The van der Waals surface area contributed by atoms with Gasteiger partial charge in [0.05, 0.1) is 22.7 Å². The van der Waals surface area contributed by atoms with Crippen LogP contribution in [0.3, 0.4) is 0 Å². The second kappa shape index (κ2) is 7.34. The normalized spacial score (nSPS) is 17.0. The molecule has 2 amide bonds. The fourth-order valence-corrected chi connectivity index (χ4v) is 2.92. The van der Waals surface area contributed by atoms with E-state index < -0.39 is 22.3 Å². The van der Waals surface area contributed by atoms with Gasteiger partial charge in [-0.3, -0.25) is 19.7 Å². The number of nitrogens with zero attached hydrogens (tertiary/aromatic N) is 2. The van der Waals surface area contributed by atoms with E-state index in [-0.39, 0.29) is 24.0 Å². The molecule has 1 N–H and O–H groups in total. The van der Waals surface area contributed by atoms with Crippen LogP contribution in [0.1, 0.15) is 23.2 Å². The molecule has 0 saturated carbocycles. The van der Waals surface area contributed by atoms with Crippen LogP contribution >= 0.6 is 0 Å². The van der Waals surface area contributed by atoms with E-state index in [1.54, 1.807) is 11.0 Å². The highest BCUT2D eigenvalue weighted by molar-refractivity contribution is 5.96. The SMILES string of the molecule is O=C(Nc1ccc(F)c([N+](=O)[O-])c1)C1CCCN(C(=O)c2ccoc2)C1. The molecule has 1 fully saturated rings. The zero-order chi connectivity index (χ0) is 18.7. The number of carbonyl (C=O) groups excluding carboxylic acids is 2. The molecule has 9 heteroatoms. The molecule has 1 unspecified atom stereocenters. The van der Waals surface area contributed by atoms with Gasteiger partial charge in [-0.25, -0.2) is 0 Å². The van der Waals surface area contributed by atoms with Crippen LogP contribution < -0.4 is 5.32 Å². The molecule has 0 aliphatic carbocycles. The number of piperidine rings is 1. The molecule has 2 heterocycles. The van der Waals surface area contributed by atoms with Crippen molar-refractivity contribution in [3.05, 3.63) is 58.3 Å². The standard InChI is InChI=1S/C17H16FN3O5/c18-14-4-3-13(8-15(14)21(24)25)19-16(22)11-2-1-6-20(9-11)17(23)12-5-7-26-10-12/h3-5,7-8,10-11H,1-2,6,9H2,(H,19,22). The molecule has 1 saturated heterocycles. The number of carbonyl (C=O) groups is 2. The van der Waals surface area contributed by atoms with Crippen LogP contribution in [0.15, 0.2) is 41.2 Å². The van der Waals surface area contributed by atoms with E-state index in [1.165, 1.54) is 18.6 Å². The first-order chi connectivity index (χ1) is 12.5. The van der Waals surface area contributed by atoms with Crippen molar-refractivity contribution in [2.75, 3.05) is 18.4 Å². The molecule has 8 nitrogen and oxygen atoms in total. The van der Waals surface area contributed by atoms with Crippen molar-refractivity contribution in [2.45, 2.75) is 12.8 Å². The van der Waals surface area contributed by atoms with Crippen molar-refractivity contribution in [1.29, 1.82) is 0 Å². The molecule has 1 aromatic heterocycles. The fourth-order valence-electron chi connectivity index (χ4n) is 2.92. The molecule has 136 valence electrons. The Kier molecular flexibility index (Phi) is 4.97. The maximum absolute atomic E-state index is 13.4. The number of rotatable bonds is 4. The maximum Gasteiger partial charge on any atom is 0.306 e. The Morgan fingerprint density at radius 2 is 2.15 bits per heavy atom. The van der Waals surface area contributed by atoms with Crippen molar-refractivity contribution >= 4 is 23.2 Å². The van der Waals surface area contributed by atoms with Crippen LogP contribution in [-0.4, -0.2) is 34.7 Å². The Labute approximate surface area is 147 Å². The Balaban J connectivity index is 1.67. The summed E-state index contributed by atoms with van der Waals surface area (Å²) >= 11 is 0. The van der Waals surface area contributed by atoms with E-state index in [2.05, 4.69) is 5.32 Å². The van der Waals surface area contributed by atoms with Gasteiger partial charge in [0.15, 0.2) is 0 Å². The predicted molar refractivity (Wildman–Crippen MR) is 89.0 cm³/mol. The highest BCUT2D eigenvalue weighted by atomic mass is 19.1. The van der Waals surface area contributed by atoms with E-state index in [4.69, 9.17) is 4.42 Å². The van der Waals surface area contributed by atoms with Crippen LogP contribution in [0.25, 0.3) is 0 Å². The molecule has 0 bridgehead atoms. The summed E-state index contributed by atoms with van der Waals surface area (Å²) in [6, 6.07) is 4.73. The summed E-state index contributed by atoms with van der Waals surface area (Å²) < 4.78 is 18.3. The van der Waals surface area contributed by atoms with Gasteiger partial charge in [0.25, 0.3) is 5.91 Å². The van der Waals surface area contributed by atoms with Crippen molar-refractivity contribution in [1.82, 2.24) is 4.90 Å². The third kappa shape index (κ3) is 3.71. The quantitative estimate of drug-likeness (QED) is 0.666. The minimum absolute atomic E-state index is 0.140. The van der Waals surface area contributed by atoms with Crippen LogP contribution in [0.5, 0.6) is 0 Å². The van der Waals surface area contributed by atoms with Crippen LogP contribution in [-0.2, 0) is 4.79 Å². The highest BCUT2D eigenvalue weighted by Crippen LogP contribution is 2.24. The summed E-state index contributed by atoms with van der Waals surface area (Å²) in [5.74, 6) is -2.00. The molecular formula is C17H16FN3O5. The molecule has 3 rings (SSSR count). The lowest BCUT2D eigenvalue weighted by atomic mass is 9.96. The minimum atomic E-state index is -0.970. The van der Waals surface area contributed by atoms with E-state index in [0.717, 1.165) is 12.1 Å². The van der Waals surface area contributed by atoms with Gasteiger partial charge in [-0.1, -0.05) is 0 Å². The number of halogens is 1. The van der Waals surface area contributed by atoms with Gasteiger partial charge in [0.1, 0.15) is 6.26 Å². The lowest BCUT2D eigenvalue weighted by Crippen LogP contribution is -2.43. The Bertz CT molecular complexity index is 837. The molecule has 2 aromatic rings. The molecule has 1 aromatic carbocycles. The third-order valence-corrected chi connectivity index (χ3v) is 4.26. The first-order valence-electron chi connectivity index (χ1n) is 8.02. The second-order valence-electron chi connectivity index (χ2n) is 6.01. The Hall–Kier alpha value is -3.23. The smallest absolute Gasteiger partial charge is 0.306 e. The van der Waals surface area contributed by atoms with Crippen LogP contribution in [0, 0.1) is 21.8 Å². The summed E-state index contributed by atoms with van der Waals surface area (Å²) in [5.41, 5.74) is -0.148. The molecule has 0 radical (unpaired) electrons. The third-order valence-electron chi connectivity index (χ3n) is 4.26. The summed E-state index contributed by atoms with van der Waals surface area (Å²) in [7, 11) is 0. The van der Waals surface area contributed by atoms with E-state index in [1.807, 2.05) is 0 Å². The lowest BCUT2D eigenvalue weighted by molar-refractivity contribution is -0.387. The van der Waals surface area contributed by atoms with Crippen molar-refractivity contribution in [2.24, 2.45) is 5.92 Å². The monoisotopic (exact) mass is 361 g/mol. The number of hydrogen-bond donors (Lipinski definition) is 1. The topological polar surface area (TPSA) is 106 Å². The number of nitro benzene ring substituents is 1. The largest absolute Gasteiger partial charge is 0.472 e. The zero-order valence-corrected chi connectivity index (χ0v) is 13.7. The van der Waals surface area contributed by atoms with E-state index in [0.29, 0.717) is 24.9 Å². The molecule has 1 aliphatic heterocycles. The first kappa shape index (κ1) is 17.6. The number of likely N-dealkylation sites (tertiary alicyclic amines) is 1. The Morgan fingerprint density at radius 3 is 2.85 bits per heavy atom. The molecule has 1 atom stereocenters. The summed E-state index contributed by atoms with van der Waals surface area (Å²) in [6.07, 6.45) is 4.00. The molecule has 26 heavy (non-hydrogen) atoms. The second-order valence-corrected chi connectivity index (χ2v) is 6.01. The highest BCUT2D eigenvalue weighted by Gasteiger charge is 2.29. The van der Waals surface area contributed by atoms with Crippen molar-refractivity contribution in [3.63, 3.8) is 0 Å². The van der Waals surface area contributed by atoms with Crippen molar-refractivity contribution < 1.29 is 23.3 Å². The van der Waals surface area contributed by atoms with Gasteiger partial charge in [-0.2, -0.15) is 4.39 Å². The summed E-state index contributed by atoms with van der Waals surface area (Å²) in [4.78, 5) is 36.3. The van der Waals surface area contributed by atoms with E-state index in [9.17, 15) is 24.1 Å².